The first-order chi connectivity index (χ1) is 22.3. The van der Waals surface area contributed by atoms with Gasteiger partial charge in [-0.15, -0.1) is 0 Å². The van der Waals surface area contributed by atoms with Crippen molar-refractivity contribution in [3.8, 4) is 45.3 Å². The molecule has 0 atom stereocenters. The molecule has 0 N–H and O–H groups in total. The molecule has 0 bridgehead atoms. The van der Waals surface area contributed by atoms with Crippen LogP contribution in [0.25, 0.3) is 88.8 Å². The molecule has 4 heteroatoms. The minimum absolute atomic E-state index is 0.574. The number of furan rings is 1. The average molecular weight is 576 g/mol. The lowest BCUT2D eigenvalue weighted by Crippen LogP contribution is -2.00. The van der Waals surface area contributed by atoms with Crippen molar-refractivity contribution in [2.45, 2.75) is 0 Å². The molecule has 0 spiro atoms. The Kier molecular flexibility index (Phi) is 5.78. The Bertz CT molecular complexity index is 2520. The summed E-state index contributed by atoms with van der Waals surface area (Å²) in [6.45, 7) is 0. The van der Waals surface area contributed by atoms with Crippen LogP contribution in [0, 0.1) is 0 Å². The molecule has 0 saturated carbocycles. The van der Waals surface area contributed by atoms with Crippen molar-refractivity contribution in [3.05, 3.63) is 152 Å². The van der Waals surface area contributed by atoms with Crippen LogP contribution in [0.4, 0.5) is 0 Å². The van der Waals surface area contributed by atoms with E-state index in [-0.39, 0.29) is 0 Å². The van der Waals surface area contributed by atoms with Gasteiger partial charge in [0, 0.05) is 27.3 Å². The van der Waals surface area contributed by atoms with Gasteiger partial charge in [0.15, 0.2) is 17.5 Å². The molecule has 210 valence electrons. The zero-order valence-electron chi connectivity index (χ0n) is 24.2. The van der Waals surface area contributed by atoms with Gasteiger partial charge >= 0.3 is 0 Å². The van der Waals surface area contributed by atoms with E-state index in [2.05, 4.69) is 103 Å². The number of para-hydroxylation sites is 1. The molecule has 0 aliphatic rings. The van der Waals surface area contributed by atoms with E-state index < -0.39 is 0 Å². The molecule has 4 nitrogen and oxygen atoms in total. The third-order valence-electron chi connectivity index (χ3n) is 8.51. The van der Waals surface area contributed by atoms with Crippen molar-refractivity contribution in [1.29, 1.82) is 0 Å². The summed E-state index contributed by atoms with van der Waals surface area (Å²) in [5, 5.41) is 6.81. The zero-order chi connectivity index (χ0) is 29.7. The van der Waals surface area contributed by atoms with Crippen LogP contribution in [0.15, 0.2) is 156 Å². The molecule has 0 saturated heterocycles. The van der Waals surface area contributed by atoms with Gasteiger partial charge < -0.3 is 4.42 Å². The normalized spacial score (nSPS) is 11.6. The highest BCUT2D eigenvalue weighted by Gasteiger charge is 2.21. The van der Waals surface area contributed by atoms with E-state index in [1.54, 1.807) is 0 Å². The maximum atomic E-state index is 6.65. The van der Waals surface area contributed by atoms with Crippen LogP contribution in [0.1, 0.15) is 0 Å². The lowest BCUT2D eigenvalue weighted by atomic mass is 9.95. The van der Waals surface area contributed by atoms with Crippen LogP contribution in [0.5, 0.6) is 0 Å². The first-order valence-corrected chi connectivity index (χ1v) is 15.0. The second-order valence-corrected chi connectivity index (χ2v) is 11.2. The number of rotatable bonds is 4. The predicted octanol–water partition coefficient (Wildman–Crippen LogP) is 10.7. The van der Waals surface area contributed by atoms with Gasteiger partial charge in [0.25, 0.3) is 0 Å². The van der Waals surface area contributed by atoms with Gasteiger partial charge in [0.05, 0.1) is 5.56 Å². The Hall–Kier alpha value is -6.13. The molecular weight excluding hydrogens is 550 g/mol. The minimum Gasteiger partial charge on any atom is -0.455 e. The molecule has 0 amide bonds. The highest BCUT2D eigenvalue weighted by Crippen LogP contribution is 2.43. The van der Waals surface area contributed by atoms with E-state index in [1.807, 2.05) is 48.5 Å². The Balaban J connectivity index is 1.32. The molecule has 2 aromatic heterocycles. The third-order valence-corrected chi connectivity index (χ3v) is 8.51. The Labute approximate surface area is 259 Å². The van der Waals surface area contributed by atoms with Gasteiger partial charge in [0.2, 0.25) is 0 Å². The molecule has 0 fully saturated rings. The monoisotopic (exact) mass is 575 g/mol. The summed E-state index contributed by atoms with van der Waals surface area (Å²) in [7, 11) is 0. The summed E-state index contributed by atoms with van der Waals surface area (Å²) in [5.74, 6) is 1.80. The lowest BCUT2D eigenvalue weighted by Gasteiger charge is -2.11. The molecule has 0 unspecified atom stereocenters. The summed E-state index contributed by atoms with van der Waals surface area (Å²) in [6, 6.07) is 52.1. The fourth-order valence-electron chi connectivity index (χ4n) is 6.34. The first-order valence-electron chi connectivity index (χ1n) is 15.0. The van der Waals surface area contributed by atoms with Crippen molar-refractivity contribution >= 4 is 43.5 Å². The van der Waals surface area contributed by atoms with Gasteiger partial charge in [-0.05, 0) is 39.4 Å². The second kappa shape index (κ2) is 10.2. The van der Waals surface area contributed by atoms with E-state index in [0.29, 0.717) is 17.5 Å². The van der Waals surface area contributed by atoms with Crippen LogP contribution in [-0.2, 0) is 0 Å². The van der Waals surface area contributed by atoms with Gasteiger partial charge in [-0.25, -0.2) is 15.0 Å². The highest BCUT2D eigenvalue weighted by atomic mass is 16.3. The first kappa shape index (κ1) is 25.4. The van der Waals surface area contributed by atoms with Gasteiger partial charge in [-0.1, -0.05) is 140 Å². The number of benzene rings is 7. The van der Waals surface area contributed by atoms with E-state index in [0.717, 1.165) is 49.6 Å². The fraction of sp³-hybridized carbons (Fsp3) is 0. The topological polar surface area (TPSA) is 51.8 Å². The van der Waals surface area contributed by atoms with Crippen LogP contribution in [0.2, 0.25) is 0 Å². The largest absolute Gasteiger partial charge is 0.455 e. The molecule has 2 heterocycles. The van der Waals surface area contributed by atoms with E-state index in [1.165, 1.54) is 21.7 Å². The average Bonchev–Trinajstić information content (AvgIpc) is 3.51. The van der Waals surface area contributed by atoms with E-state index in [9.17, 15) is 0 Å². The van der Waals surface area contributed by atoms with Gasteiger partial charge in [-0.2, -0.15) is 0 Å². The number of hydrogen-bond acceptors (Lipinski definition) is 4. The minimum atomic E-state index is 0.574. The number of aromatic nitrogens is 3. The summed E-state index contributed by atoms with van der Waals surface area (Å²) in [4.78, 5) is 15.2. The van der Waals surface area contributed by atoms with Gasteiger partial charge in [0.1, 0.15) is 11.2 Å². The van der Waals surface area contributed by atoms with Crippen molar-refractivity contribution in [2.75, 3.05) is 0 Å². The highest BCUT2D eigenvalue weighted by molar-refractivity contribution is 6.29. The van der Waals surface area contributed by atoms with Crippen LogP contribution in [0.3, 0.4) is 0 Å². The number of nitrogens with zero attached hydrogens (tertiary/aromatic N) is 3. The maximum absolute atomic E-state index is 6.65. The van der Waals surface area contributed by atoms with E-state index >= 15 is 0 Å². The third kappa shape index (κ3) is 4.27. The molecule has 7 aromatic carbocycles. The lowest BCUT2D eigenvalue weighted by molar-refractivity contribution is 0.670. The summed E-state index contributed by atoms with van der Waals surface area (Å²) < 4.78 is 6.65. The molecule has 45 heavy (non-hydrogen) atoms. The van der Waals surface area contributed by atoms with E-state index in [4.69, 9.17) is 19.4 Å². The Morgan fingerprint density at radius 3 is 1.67 bits per heavy atom. The summed E-state index contributed by atoms with van der Waals surface area (Å²) >= 11 is 0. The molecule has 9 aromatic rings. The van der Waals surface area contributed by atoms with Crippen molar-refractivity contribution in [1.82, 2.24) is 15.0 Å². The molecular formula is C41H25N3O. The Morgan fingerprint density at radius 2 is 0.911 bits per heavy atom. The second-order valence-electron chi connectivity index (χ2n) is 11.2. The molecule has 9 rings (SSSR count). The molecule has 0 aliphatic heterocycles. The van der Waals surface area contributed by atoms with Crippen molar-refractivity contribution in [3.63, 3.8) is 0 Å². The van der Waals surface area contributed by atoms with Crippen molar-refractivity contribution < 1.29 is 4.42 Å². The maximum Gasteiger partial charge on any atom is 0.167 e. The van der Waals surface area contributed by atoms with Crippen molar-refractivity contribution in [2.24, 2.45) is 0 Å². The standard InChI is InChI=1S/C41H25N3O/c1-3-11-26(12-4-1)27-19-22-30(23-20-27)40-42-39(29-14-5-2-6-15-29)43-41(44-40)34-25-31-24-21-28-13-7-8-16-32(28)36(31)37-33-17-9-10-18-35(33)45-38(34)37/h1-25H. The molecule has 0 aliphatic carbocycles. The quantitative estimate of drug-likeness (QED) is 0.196. The fourth-order valence-corrected chi connectivity index (χ4v) is 6.34. The molecule has 0 radical (unpaired) electrons. The predicted molar refractivity (Wildman–Crippen MR) is 184 cm³/mol. The van der Waals surface area contributed by atoms with Crippen LogP contribution in [-0.4, -0.2) is 15.0 Å². The number of fused-ring (bicyclic) bond motifs is 7. The summed E-state index contributed by atoms with van der Waals surface area (Å²) in [6.07, 6.45) is 0. The Morgan fingerprint density at radius 1 is 0.378 bits per heavy atom. The zero-order valence-corrected chi connectivity index (χ0v) is 24.2. The van der Waals surface area contributed by atoms with Crippen LogP contribution >= 0.6 is 0 Å². The van der Waals surface area contributed by atoms with Crippen LogP contribution < -0.4 is 0 Å². The van der Waals surface area contributed by atoms with Gasteiger partial charge in [-0.3, -0.25) is 0 Å². The number of hydrogen-bond donors (Lipinski definition) is 0. The summed E-state index contributed by atoms with van der Waals surface area (Å²) in [5.41, 5.74) is 6.60. The SMILES string of the molecule is c1ccc(-c2ccc(-c3nc(-c4ccccc4)nc(-c4cc5ccc6ccccc6c5c5c4oc4ccccc45)n3)cc2)cc1. The smallest absolute Gasteiger partial charge is 0.167 e.